The number of anilines is 2. The molecule has 0 saturated carbocycles. The number of hydrogen-bond acceptors (Lipinski definition) is 2. The van der Waals surface area contributed by atoms with Crippen LogP contribution in [-0.2, 0) is 0 Å². The zero-order valence-electron chi connectivity index (χ0n) is 11.3. The molecule has 20 heavy (non-hydrogen) atoms. The van der Waals surface area contributed by atoms with Gasteiger partial charge >= 0.3 is 6.03 Å². The topological polar surface area (TPSA) is 41.6 Å². The Morgan fingerprint density at radius 3 is 2.50 bits per heavy atom. The lowest BCUT2D eigenvalue weighted by atomic mass is 10.3. The minimum atomic E-state index is -0.201. The van der Waals surface area contributed by atoms with E-state index in [0.29, 0.717) is 0 Å². The monoisotopic (exact) mass is 334 g/mol. The maximum absolute atomic E-state index is 12.1. The highest BCUT2D eigenvalue weighted by molar-refractivity contribution is 9.10. The Morgan fingerprint density at radius 2 is 1.90 bits per heavy atom. The molecule has 0 saturated heterocycles. The van der Waals surface area contributed by atoms with Crippen LogP contribution in [0.3, 0.4) is 0 Å². The first kappa shape index (κ1) is 14.4. The van der Waals surface area contributed by atoms with Crippen molar-refractivity contribution >= 4 is 33.3 Å². The minimum Gasteiger partial charge on any atom is -0.497 e. The van der Waals surface area contributed by atoms with Crippen LogP contribution in [0, 0.1) is 0 Å². The summed E-state index contributed by atoms with van der Waals surface area (Å²) in [4.78, 5) is 13.7. The van der Waals surface area contributed by atoms with Crippen LogP contribution in [0.2, 0.25) is 0 Å². The predicted molar refractivity (Wildman–Crippen MR) is 84.6 cm³/mol. The molecule has 104 valence electrons. The van der Waals surface area contributed by atoms with E-state index in [4.69, 9.17) is 4.74 Å². The van der Waals surface area contributed by atoms with Crippen LogP contribution in [0.5, 0.6) is 5.75 Å². The minimum absolute atomic E-state index is 0.201. The summed E-state index contributed by atoms with van der Waals surface area (Å²) in [5.41, 5.74) is 1.53. The molecule has 2 aromatic rings. The Bertz CT molecular complexity index is 599. The van der Waals surface area contributed by atoms with Gasteiger partial charge in [-0.15, -0.1) is 0 Å². The Labute approximate surface area is 126 Å². The molecule has 0 aromatic heterocycles. The van der Waals surface area contributed by atoms with Gasteiger partial charge in [-0.25, -0.2) is 4.79 Å². The number of methoxy groups -OCH3 is 1. The van der Waals surface area contributed by atoms with E-state index >= 15 is 0 Å². The zero-order valence-corrected chi connectivity index (χ0v) is 12.8. The highest BCUT2D eigenvalue weighted by atomic mass is 79.9. The van der Waals surface area contributed by atoms with Gasteiger partial charge in [-0.3, -0.25) is 4.90 Å². The lowest BCUT2D eigenvalue weighted by molar-refractivity contribution is 0.258. The van der Waals surface area contributed by atoms with Crippen molar-refractivity contribution in [1.29, 1.82) is 0 Å². The van der Waals surface area contributed by atoms with Crippen LogP contribution in [0.15, 0.2) is 53.0 Å². The largest absolute Gasteiger partial charge is 0.497 e. The first-order chi connectivity index (χ1) is 9.60. The number of amides is 2. The van der Waals surface area contributed by atoms with Crippen molar-refractivity contribution < 1.29 is 9.53 Å². The summed E-state index contributed by atoms with van der Waals surface area (Å²) in [6, 6.07) is 14.6. The first-order valence-electron chi connectivity index (χ1n) is 6.04. The third-order valence-corrected chi connectivity index (χ3v) is 3.33. The normalized spacial score (nSPS) is 9.95. The predicted octanol–water partition coefficient (Wildman–Crippen LogP) is 4.13. The van der Waals surface area contributed by atoms with Crippen LogP contribution in [0.4, 0.5) is 16.2 Å². The number of halogens is 1. The van der Waals surface area contributed by atoms with Crippen molar-refractivity contribution in [2.45, 2.75) is 0 Å². The van der Waals surface area contributed by atoms with E-state index in [9.17, 15) is 4.79 Å². The number of nitrogens with one attached hydrogen (secondary N) is 1. The van der Waals surface area contributed by atoms with Gasteiger partial charge in [0.05, 0.1) is 7.11 Å². The summed E-state index contributed by atoms with van der Waals surface area (Å²) in [6.45, 7) is 0. The number of rotatable bonds is 3. The Kier molecular flexibility index (Phi) is 4.63. The molecule has 2 rings (SSSR count). The third kappa shape index (κ3) is 3.51. The van der Waals surface area contributed by atoms with E-state index in [0.717, 1.165) is 21.6 Å². The van der Waals surface area contributed by atoms with Crippen LogP contribution >= 0.6 is 15.9 Å². The summed E-state index contributed by atoms with van der Waals surface area (Å²) in [6.07, 6.45) is 0. The number of carbonyl (C=O) groups is 1. The summed E-state index contributed by atoms with van der Waals surface area (Å²) in [5.74, 6) is 0.753. The molecule has 0 aliphatic rings. The van der Waals surface area contributed by atoms with Gasteiger partial charge in [0.25, 0.3) is 0 Å². The molecule has 0 aliphatic heterocycles. The van der Waals surface area contributed by atoms with Crippen molar-refractivity contribution in [2.75, 3.05) is 24.4 Å². The van der Waals surface area contributed by atoms with Gasteiger partial charge in [0, 0.05) is 22.9 Å². The maximum Gasteiger partial charge on any atom is 0.326 e. The van der Waals surface area contributed by atoms with Gasteiger partial charge in [0.15, 0.2) is 0 Å². The maximum atomic E-state index is 12.1. The van der Waals surface area contributed by atoms with E-state index in [2.05, 4.69) is 21.2 Å². The number of ether oxygens (including phenoxy) is 1. The molecule has 0 aliphatic carbocycles. The quantitative estimate of drug-likeness (QED) is 0.916. The van der Waals surface area contributed by atoms with E-state index in [-0.39, 0.29) is 6.03 Å². The van der Waals surface area contributed by atoms with Crippen molar-refractivity contribution in [3.8, 4) is 5.75 Å². The fourth-order valence-corrected chi connectivity index (χ4v) is 2.07. The molecule has 0 heterocycles. The van der Waals surface area contributed by atoms with Gasteiger partial charge in [-0.05, 0) is 42.5 Å². The molecule has 0 bridgehead atoms. The Balaban J connectivity index is 2.07. The SMILES string of the molecule is COc1ccc(NC(=O)N(C)c2cccc(Br)c2)cc1. The third-order valence-electron chi connectivity index (χ3n) is 2.84. The highest BCUT2D eigenvalue weighted by Gasteiger charge is 2.11. The second-order valence-corrected chi connectivity index (χ2v) is 5.11. The Morgan fingerprint density at radius 1 is 1.20 bits per heavy atom. The molecule has 0 fully saturated rings. The van der Waals surface area contributed by atoms with Gasteiger partial charge in [-0.2, -0.15) is 0 Å². The molecular formula is C15H15BrN2O2. The number of hydrogen-bond donors (Lipinski definition) is 1. The van der Waals surface area contributed by atoms with Crippen LogP contribution < -0.4 is 15.0 Å². The molecule has 0 spiro atoms. The van der Waals surface area contributed by atoms with Crippen molar-refractivity contribution in [2.24, 2.45) is 0 Å². The number of nitrogens with zero attached hydrogens (tertiary/aromatic N) is 1. The van der Waals surface area contributed by atoms with Crippen molar-refractivity contribution in [3.63, 3.8) is 0 Å². The van der Waals surface area contributed by atoms with E-state index in [1.54, 1.807) is 43.3 Å². The summed E-state index contributed by atoms with van der Waals surface area (Å²) < 4.78 is 6.01. The van der Waals surface area contributed by atoms with E-state index < -0.39 is 0 Å². The molecule has 2 amide bonds. The molecule has 2 aromatic carbocycles. The Hall–Kier alpha value is -2.01. The first-order valence-corrected chi connectivity index (χ1v) is 6.84. The molecule has 4 nitrogen and oxygen atoms in total. The number of urea groups is 1. The standard InChI is InChI=1S/C15H15BrN2O2/c1-18(13-5-3-4-11(16)10-13)15(19)17-12-6-8-14(20-2)9-7-12/h3-10H,1-2H3,(H,17,19). The van der Waals surface area contributed by atoms with Crippen LogP contribution in [-0.4, -0.2) is 20.2 Å². The van der Waals surface area contributed by atoms with Crippen molar-refractivity contribution in [3.05, 3.63) is 53.0 Å². The molecular weight excluding hydrogens is 320 g/mol. The van der Waals surface area contributed by atoms with E-state index in [1.807, 2.05) is 24.3 Å². The zero-order chi connectivity index (χ0) is 14.5. The van der Waals surface area contributed by atoms with Gasteiger partial charge in [-0.1, -0.05) is 22.0 Å². The summed E-state index contributed by atoms with van der Waals surface area (Å²) in [5, 5.41) is 2.83. The average molecular weight is 335 g/mol. The lowest BCUT2D eigenvalue weighted by Gasteiger charge is -2.18. The van der Waals surface area contributed by atoms with Gasteiger partial charge in [0.1, 0.15) is 5.75 Å². The summed E-state index contributed by atoms with van der Waals surface area (Å²) in [7, 11) is 3.33. The van der Waals surface area contributed by atoms with E-state index in [1.165, 1.54) is 0 Å². The molecule has 0 radical (unpaired) electrons. The fourth-order valence-electron chi connectivity index (χ4n) is 1.68. The second-order valence-electron chi connectivity index (χ2n) is 4.20. The number of carbonyl (C=O) groups excluding carboxylic acids is 1. The number of benzene rings is 2. The second kappa shape index (κ2) is 6.43. The van der Waals surface area contributed by atoms with Crippen molar-refractivity contribution in [1.82, 2.24) is 0 Å². The lowest BCUT2D eigenvalue weighted by Crippen LogP contribution is -2.31. The molecule has 0 unspecified atom stereocenters. The molecule has 1 N–H and O–H groups in total. The molecule has 0 atom stereocenters. The highest BCUT2D eigenvalue weighted by Crippen LogP contribution is 2.20. The van der Waals surface area contributed by atoms with Crippen LogP contribution in [0.1, 0.15) is 0 Å². The fraction of sp³-hybridized carbons (Fsp3) is 0.133. The smallest absolute Gasteiger partial charge is 0.326 e. The summed E-state index contributed by atoms with van der Waals surface area (Å²) >= 11 is 3.39. The van der Waals surface area contributed by atoms with Crippen LogP contribution in [0.25, 0.3) is 0 Å². The van der Waals surface area contributed by atoms with Gasteiger partial charge < -0.3 is 10.1 Å². The molecule has 5 heteroatoms. The van der Waals surface area contributed by atoms with Gasteiger partial charge in [0.2, 0.25) is 0 Å². The average Bonchev–Trinajstić information content (AvgIpc) is 2.47.